The minimum absolute atomic E-state index is 0.0493. The van der Waals surface area contributed by atoms with Crippen molar-refractivity contribution in [3.8, 4) is 0 Å². The van der Waals surface area contributed by atoms with Crippen LogP contribution >= 0.6 is 15.9 Å². The fraction of sp³-hybridized carbons (Fsp3) is 0.529. The second kappa shape index (κ2) is 8.12. The summed E-state index contributed by atoms with van der Waals surface area (Å²) in [6.07, 6.45) is 1.94. The van der Waals surface area contributed by atoms with E-state index in [1.54, 1.807) is 17.8 Å². The smallest absolute Gasteiger partial charge is 0.407 e. The molecule has 146 valence electrons. The van der Waals surface area contributed by atoms with E-state index in [9.17, 15) is 9.59 Å². The van der Waals surface area contributed by atoms with Crippen LogP contribution in [0.2, 0.25) is 0 Å². The number of aryl methyl sites for hydroxylation is 1. The molecule has 0 bridgehead atoms. The summed E-state index contributed by atoms with van der Waals surface area (Å²) in [6.45, 7) is 3.78. The second-order valence-corrected chi connectivity index (χ2v) is 7.79. The number of amides is 2. The number of halogens is 1. The van der Waals surface area contributed by atoms with E-state index >= 15 is 0 Å². The number of nitrogens with zero attached hydrogens (tertiary/aromatic N) is 3. The number of carbonyl (C=O) groups is 2. The molecule has 3 N–H and O–H groups in total. The van der Waals surface area contributed by atoms with Crippen LogP contribution in [0, 0.1) is 0 Å². The van der Waals surface area contributed by atoms with Gasteiger partial charge in [-0.25, -0.2) is 4.79 Å². The third kappa shape index (κ3) is 4.88. The Morgan fingerprint density at radius 3 is 2.81 bits per heavy atom. The number of aromatic nitrogens is 4. The van der Waals surface area contributed by atoms with Crippen LogP contribution in [0.1, 0.15) is 55.2 Å². The zero-order valence-electron chi connectivity index (χ0n) is 15.5. The van der Waals surface area contributed by atoms with Gasteiger partial charge in [0, 0.05) is 36.8 Å². The fourth-order valence-corrected chi connectivity index (χ4v) is 3.39. The lowest BCUT2D eigenvalue weighted by molar-refractivity contribution is 0.0979. The molecule has 1 aliphatic carbocycles. The lowest BCUT2D eigenvalue weighted by Crippen LogP contribution is -2.33. The van der Waals surface area contributed by atoms with Crippen LogP contribution in [0.4, 0.5) is 10.6 Å². The molecule has 2 amide bonds. The number of nitrogens with one attached hydrogen (secondary N) is 3. The van der Waals surface area contributed by atoms with Gasteiger partial charge in [0.25, 0.3) is 5.91 Å². The van der Waals surface area contributed by atoms with E-state index < -0.39 is 0 Å². The van der Waals surface area contributed by atoms with Crippen molar-refractivity contribution in [1.29, 1.82) is 0 Å². The number of alkyl carbamates (subject to hydrolysis) is 1. The van der Waals surface area contributed by atoms with E-state index in [-0.39, 0.29) is 30.1 Å². The molecule has 10 heteroatoms. The molecule has 3 rings (SSSR count). The summed E-state index contributed by atoms with van der Waals surface area (Å²) in [5, 5.41) is 16.7. The number of carbonyl (C=O) groups excluding carboxylic acids is 2. The van der Waals surface area contributed by atoms with Crippen LogP contribution < -0.4 is 10.6 Å². The molecular formula is C17H23BrN6O3. The average molecular weight is 439 g/mol. The third-order valence-electron chi connectivity index (χ3n) is 4.40. The summed E-state index contributed by atoms with van der Waals surface area (Å²) >= 11 is 3.31. The van der Waals surface area contributed by atoms with Gasteiger partial charge in [-0.2, -0.15) is 10.2 Å². The van der Waals surface area contributed by atoms with Crippen LogP contribution in [-0.2, 0) is 11.8 Å². The molecular weight excluding hydrogens is 416 g/mol. The predicted octanol–water partition coefficient (Wildman–Crippen LogP) is 2.93. The van der Waals surface area contributed by atoms with Crippen LogP contribution in [0.3, 0.4) is 0 Å². The standard InChI is InChI=1S/C17H23BrN6O3/c1-9(2)19-17(26)27-11-5-4-10(6-11)12-8-15(22-21-12)20-16(25)13-7-14(18)24(3)23-13/h7-11H,4-6H2,1-3H3,(H,19,26)(H2,20,21,22,25). The molecule has 2 aromatic heterocycles. The molecule has 1 aliphatic rings. The minimum Gasteiger partial charge on any atom is -0.446 e. The number of hydrogen-bond acceptors (Lipinski definition) is 5. The number of ether oxygens (including phenoxy) is 1. The van der Waals surface area contributed by atoms with Crippen molar-refractivity contribution < 1.29 is 14.3 Å². The molecule has 1 fully saturated rings. The minimum atomic E-state index is -0.380. The van der Waals surface area contributed by atoms with Gasteiger partial charge in [-0.3, -0.25) is 14.6 Å². The largest absolute Gasteiger partial charge is 0.446 e. The Morgan fingerprint density at radius 1 is 1.37 bits per heavy atom. The molecule has 0 spiro atoms. The van der Waals surface area contributed by atoms with Gasteiger partial charge in [-0.1, -0.05) is 0 Å². The first-order valence-corrected chi connectivity index (χ1v) is 9.64. The van der Waals surface area contributed by atoms with Crippen molar-refractivity contribution in [2.24, 2.45) is 7.05 Å². The van der Waals surface area contributed by atoms with Gasteiger partial charge in [-0.05, 0) is 49.0 Å². The summed E-state index contributed by atoms with van der Waals surface area (Å²) in [4.78, 5) is 24.0. The van der Waals surface area contributed by atoms with E-state index in [4.69, 9.17) is 4.74 Å². The molecule has 2 unspecified atom stereocenters. The van der Waals surface area contributed by atoms with Crippen LogP contribution in [0.15, 0.2) is 16.7 Å². The molecule has 0 saturated heterocycles. The highest BCUT2D eigenvalue weighted by Gasteiger charge is 2.30. The number of H-pyrrole nitrogens is 1. The molecule has 2 heterocycles. The monoisotopic (exact) mass is 438 g/mol. The van der Waals surface area contributed by atoms with E-state index in [0.717, 1.165) is 25.0 Å². The SMILES string of the molecule is CC(C)NC(=O)OC1CCC(c2cc(NC(=O)c3cc(Br)n(C)n3)n[nH]2)C1. The Kier molecular flexibility index (Phi) is 5.83. The van der Waals surface area contributed by atoms with Crippen molar-refractivity contribution in [1.82, 2.24) is 25.3 Å². The lowest BCUT2D eigenvalue weighted by Gasteiger charge is -2.14. The van der Waals surface area contributed by atoms with Gasteiger partial charge in [0.05, 0.1) is 0 Å². The highest BCUT2D eigenvalue weighted by atomic mass is 79.9. The quantitative estimate of drug-likeness (QED) is 0.663. The van der Waals surface area contributed by atoms with Crippen molar-refractivity contribution >= 4 is 33.7 Å². The lowest BCUT2D eigenvalue weighted by atomic mass is 10.0. The molecule has 2 aromatic rings. The van der Waals surface area contributed by atoms with Crippen LogP contribution in [0.25, 0.3) is 0 Å². The first-order chi connectivity index (χ1) is 12.8. The molecule has 0 aromatic carbocycles. The Labute approximate surface area is 165 Å². The number of anilines is 1. The summed E-state index contributed by atoms with van der Waals surface area (Å²) in [7, 11) is 1.74. The van der Waals surface area contributed by atoms with E-state index in [1.165, 1.54) is 0 Å². The number of aromatic amines is 1. The van der Waals surface area contributed by atoms with Crippen molar-refractivity contribution in [3.63, 3.8) is 0 Å². The molecule has 1 saturated carbocycles. The summed E-state index contributed by atoms with van der Waals surface area (Å²) in [6, 6.07) is 3.51. The molecule has 2 atom stereocenters. The second-order valence-electron chi connectivity index (χ2n) is 6.97. The van der Waals surface area contributed by atoms with Gasteiger partial charge in [0.2, 0.25) is 0 Å². The molecule has 9 nitrogen and oxygen atoms in total. The Balaban J connectivity index is 1.55. The molecule has 0 radical (unpaired) electrons. The van der Waals surface area contributed by atoms with Crippen LogP contribution in [-0.4, -0.2) is 44.1 Å². The highest BCUT2D eigenvalue weighted by molar-refractivity contribution is 9.10. The Hall–Kier alpha value is -2.36. The van der Waals surface area contributed by atoms with Gasteiger partial charge < -0.3 is 15.4 Å². The van der Waals surface area contributed by atoms with Gasteiger partial charge in [0.15, 0.2) is 11.5 Å². The fourth-order valence-electron chi connectivity index (χ4n) is 3.10. The van der Waals surface area contributed by atoms with Gasteiger partial charge in [0.1, 0.15) is 10.7 Å². The first kappa shape index (κ1) is 19.4. The number of hydrogen-bond donors (Lipinski definition) is 3. The Morgan fingerprint density at radius 2 is 2.15 bits per heavy atom. The van der Waals surface area contributed by atoms with Crippen molar-refractivity contribution in [2.75, 3.05) is 5.32 Å². The third-order valence-corrected chi connectivity index (χ3v) is 5.14. The number of rotatable bonds is 5. The highest BCUT2D eigenvalue weighted by Crippen LogP contribution is 2.35. The van der Waals surface area contributed by atoms with E-state index in [1.807, 2.05) is 19.9 Å². The Bertz CT molecular complexity index is 811. The maximum atomic E-state index is 12.2. The summed E-state index contributed by atoms with van der Waals surface area (Å²) < 4.78 is 7.73. The average Bonchev–Trinajstić information content (AvgIpc) is 3.28. The summed E-state index contributed by atoms with van der Waals surface area (Å²) in [5.41, 5.74) is 1.22. The maximum Gasteiger partial charge on any atom is 0.407 e. The van der Waals surface area contributed by atoms with Crippen molar-refractivity contribution in [2.45, 2.75) is 51.2 Å². The van der Waals surface area contributed by atoms with Crippen LogP contribution in [0.5, 0.6) is 0 Å². The normalized spacial score (nSPS) is 19.3. The molecule has 0 aliphatic heterocycles. The van der Waals surface area contributed by atoms with Crippen molar-refractivity contribution in [3.05, 3.63) is 28.1 Å². The maximum absolute atomic E-state index is 12.2. The zero-order chi connectivity index (χ0) is 19.6. The predicted molar refractivity (Wildman–Crippen MR) is 103 cm³/mol. The zero-order valence-corrected chi connectivity index (χ0v) is 17.0. The first-order valence-electron chi connectivity index (χ1n) is 8.85. The molecule has 27 heavy (non-hydrogen) atoms. The van der Waals surface area contributed by atoms with E-state index in [0.29, 0.717) is 16.1 Å². The van der Waals surface area contributed by atoms with Gasteiger partial charge in [-0.15, -0.1) is 0 Å². The summed E-state index contributed by atoms with van der Waals surface area (Å²) in [5.74, 6) is 0.329. The van der Waals surface area contributed by atoms with Gasteiger partial charge >= 0.3 is 6.09 Å². The van der Waals surface area contributed by atoms with E-state index in [2.05, 4.69) is 41.9 Å². The topological polar surface area (TPSA) is 114 Å².